The molecule has 60 valence electrons. The lowest BCUT2D eigenvalue weighted by molar-refractivity contribution is 0.898. The number of hydrogen-bond acceptors (Lipinski definition) is 3. The molecule has 0 saturated carbocycles. The van der Waals surface area contributed by atoms with Crippen molar-refractivity contribution in [3.8, 4) is 0 Å². The number of pyridine rings is 1. The summed E-state index contributed by atoms with van der Waals surface area (Å²) in [5.74, 6) is 0. The van der Waals surface area contributed by atoms with Gasteiger partial charge in [-0.05, 0) is 19.9 Å². The molecule has 0 aliphatic heterocycles. The summed E-state index contributed by atoms with van der Waals surface area (Å²) in [7, 11) is 0. The molecule has 1 rings (SSSR count). The first-order valence-electron chi connectivity index (χ1n) is 3.66. The van der Waals surface area contributed by atoms with E-state index in [4.69, 9.17) is 5.73 Å². The Labute approximate surface area is 66.6 Å². The predicted molar refractivity (Wildman–Crippen MR) is 47.4 cm³/mol. The lowest BCUT2D eigenvalue weighted by Gasteiger charge is -2.10. The van der Waals surface area contributed by atoms with Crippen LogP contribution in [0.3, 0.4) is 0 Å². The molecule has 0 radical (unpaired) electrons. The molecule has 1 aromatic rings. The minimum Gasteiger partial charge on any atom is -0.397 e. The smallest absolute Gasteiger partial charge is 0.0762 e. The molecule has 11 heavy (non-hydrogen) atoms. The maximum Gasteiger partial charge on any atom is 0.0762 e. The summed E-state index contributed by atoms with van der Waals surface area (Å²) in [6.45, 7) is 4.12. The van der Waals surface area contributed by atoms with Gasteiger partial charge in [-0.1, -0.05) is 0 Å². The van der Waals surface area contributed by atoms with Crippen LogP contribution in [0.15, 0.2) is 18.5 Å². The maximum atomic E-state index is 5.67. The SMILES string of the molecule is CC(C)Nc1cnccc1N. The normalized spacial score (nSPS) is 10.1. The van der Waals surface area contributed by atoms with Crippen molar-refractivity contribution in [3.05, 3.63) is 18.5 Å². The zero-order valence-electron chi connectivity index (χ0n) is 6.83. The van der Waals surface area contributed by atoms with Crippen molar-refractivity contribution in [3.63, 3.8) is 0 Å². The molecule has 0 bridgehead atoms. The van der Waals surface area contributed by atoms with Crippen molar-refractivity contribution >= 4 is 11.4 Å². The summed E-state index contributed by atoms with van der Waals surface area (Å²) >= 11 is 0. The molecular weight excluding hydrogens is 138 g/mol. The van der Waals surface area contributed by atoms with E-state index in [0.29, 0.717) is 6.04 Å². The largest absolute Gasteiger partial charge is 0.397 e. The number of anilines is 2. The molecule has 1 heterocycles. The van der Waals surface area contributed by atoms with Gasteiger partial charge in [0.25, 0.3) is 0 Å². The number of aromatic nitrogens is 1. The first-order chi connectivity index (χ1) is 5.20. The third-order valence-corrected chi connectivity index (χ3v) is 1.30. The Morgan fingerprint density at radius 2 is 2.27 bits per heavy atom. The lowest BCUT2D eigenvalue weighted by atomic mass is 10.3. The van der Waals surface area contributed by atoms with Gasteiger partial charge < -0.3 is 11.1 Å². The van der Waals surface area contributed by atoms with Crippen molar-refractivity contribution < 1.29 is 0 Å². The highest BCUT2D eigenvalue weighted by Gasteiger charge is 1.97. The van der Waals surface area contributed by atoms with Crippen LogP contribution in [-0.4, -0.2) is 11.0 Å². The highest BCUT2D eigenvalue weighted by molar-refractivity contribution is 5.64. The molecule has 0 aromatic carbocycles. The van der Waals surface area contributed by atoms with E-state index in [0.717, 1.165) is 11.4 Å². The van der Waals surface area contributed by atoms with Crippen LogP contribution in [0.1, 0.15) is 13.8 Å². The Morgan fingerprint density at radius 3 is 2.82 bits per heavy atom. The first-order valence-corrected chi connectivity index (χ1v) is 3.66. The Morgan fingerprint density at radius 1 is 1.55 bits per heavy atom. The van der Waals surface area contributed by atoms with Gasteiger partial charge in [0.15, 0.2) is 0 Å². The minimum absolute atomic E-state index is 0.390. The molecule has 3 nitrogen and oxygen atoms in total. The Kier molecular flexibility index (Phi) is 2.31. The number of nitrogens with zero attached hydrogens (tertiary/aromatic N) is 1. The van der Waals surface area contributed by atoms with Gasteiger partial charge in [0.1, 0.15) is 0 Å². The van der Waals surface area contributed by atoms with Gasteiger partial charge in [-0.15, -0.1) is 0 Å². The molecule has 0 atom stereocenters. The van der Waals surface area contributed by atoms with Gasteiger partial charge in [0, 0.05) is 12.2 Å². The Balaban J connectivity index is 2.78. The van der Waals surface area contributed by atoms with Crippen LogP contribution in [0.5, 0.6) is 0 Å². The van der Waals surface area contributed by atoms with Gasteiger partial charge >= 0.3 is 0 Å². The van der Waals surface area contributed by atoms with E-state index in [9.17, 15) is 0 Å². The van der Waals surface area contributed by atoms with Crippen LogP contribution in [0.2, 0.25) is 0 Å². The topological polar surface area (TPSA) is 50.9 Å². The van der Waals surface area contributed by atoms with Gasteiger partial charge in [-0.2, -0.15) is 0 Å². The molecule has 0 fully saturated rings. The third-order valence-electron chi connectivity index (χ3n) is 1.30. The number of nitrogens with one attached hydrogen (secondary N) is 1. The van der Waals surface area contributed by atoms with Crippen molar-refractivity contribution in [2.24, 2.45) is 0 Å². The lowest BCUT2D eigenvalue weighted by Crippen LogP contribution is -2.11. The zero-order chi connectivity index (χ0) is 8.27. The summed E-state index contributed by atoms with van der Waals surface area (Å²) in [5, 5.41) is 3.19. The highest BCUT2D eigenvalue weighted by atomic mass is 14.9. The summed E-state index contributed by atoms with van der Waals surface area (Å²) in [5.41, 5.74) is 7.32. The monoisotopic (exact) mass is 151 g/mol. The molecular formula is C8H13N3. The highest BCUT2D eigenvalue weighted by Crippen LogP contribution is 2.15. The van der Waals surface area contributed by atoms with Crippen LogP contribution in [0.25, 0.3) is 0 Å². The van der Waals surface area contributed by atoms with Crippen LogP contribution in [0, 0.1) is 0 Å². The average Bonchev–Trinajstić information content (AvgIpc) is 1.93. The number of nitrogen functional groups attached to an aromatic ring is 1. The standard InChI is InChI=1S/C8H13N3/c1-6(2)11-8-5-10-4-3-7(8)9/h3-6,11H,1-2H3,(H2,9,10). The minimum atomic E-state index is 0.390. The summed E-state index contributed by atoms with van der Waals surface area (Å²) < 4.78 is 0. The van der Waals surface area contributed by atoms with E-state index in [1.807, 2.05) is 0 Å². The van der Waals surface area contributed by atoms with Crippen LogP contribution < -0.4 is 11.1 Å². The van der Waals surface area contributed by atoms with Crippen LogP contribution >= 0.6 is 0 Å². The number of rotatable bonds is 2. The molecule has 0 unspecified atom stereocenters. The molecule has 3 N–H and O–H groups in total. The first kappa shape index (κ1) is 7.85. The van der Waals surface area contributed by atoms with E-state index < -0.39 is 0 Å². The average molecular weight is 151 g/mol. The molecule has 0 saturated heterocycles. The van der Waals surface area contributed by atoms with E-state index in [1.54, 1.807) is 18.5 Å². The van der Waals surface area contributed by atoms with Crippen molar-refractivity contribution in [2.45, 2.75) is 19.9 Å². The number of hydrogen-bond donors (Lipinski definition) is 2. The summed E-state index contributed by atoms with van der Waals surface area (Å²) in [6, 6.07) is 2.17. The van der Waals surface area contributed by atoms with Gasteiger partial charge in [0.2, 0.25) is 0 Å². The second-order valence-electron chi connectivity index (χ2n) is 2.76. The molecule has 3 heteroatoms. The van der Waals surface area contributed by atoms with E-state index >= 15 is 0 Å². The van der Waals surface area contributed by atoms with Crippen molar-refractivity contribution in [1.82, 2.24) is 4.98 Å². The second-order valence-corrected chi connectivity index (χ2v) is 2.76. The fraction of sp³-hybridized carbons (Fsp3) is 0.375. The second kappa shape index (κ2) is 3.23. The van der Waals surface area contributed by atoms with Gasteiger partial charge in [-0.3, -0.25) is 4.98 Å². The van der Waals surface area contributed by atoms with E-state index in [1.165, 1.54) is 0 Å². The molecule has 0 aliphatic rings. The third kappa shape index (κ3) is 2.11. The van der Waals surface area contributed by atoms with E-state index in [-0.39, 0.29) is 0 Å². The molecule has 1 aromatic heterocycles. The quantitative estimate of drug-likeness (QED) is 0.673. The van der Waals surface area contributed by atoms with Crippen molar-refractivity contribution in [1.29, 1.82) is 0 Å². The Bertz CT molecular complexity index is 233. The maximum absolute atomic E-state index is 5.67. The van der Waals surface area contributed by atoms with Gasteiger partial charge in [0.05, 0.1) is 17.6 Å². The molecule has 0 amide bonds. The zero-order valence-corrected chi connectivity index (χ0v) is 6.83. The van der Waals surface area contributed by atoms with Crippen molar-refractivity contribution in [2.75, 3.05) is 11.1 Å². The predicted octanol–water partition coefficient (Wildman–Crippen LogP) is 1.48. The van der Waals surface area contributed by atoms with Crippen LogP contribution in [0.4, 0.5) is 11.4 Å². The molecule has 0 aliphatic carbocycles. The molecule has 0 spiro atoms. The fourth-order valence-electron chi connectivity index (χ4n) is 0.837. The van der Waals surface area contributed by atoms with Crippen LogP contribution in [-0.2, 0) is 0 Å². The fourth-order valence-corrected chi connectivity index (χ4v) is 0.837. The van der Waals surface area contributed by atoms with Gasteiger partial charge in [-0.25, -0.2) is 0 Å². The summed E-state index contributed by atoms with van der Waals surface area (Å²) in [4.78, 5) is 3.96. The summed E-state index contributed by atoms with van der Waals surface area (Å²) in [6.07, 6.45) is 3.41. The number of nitrogens with two attached hydrogens (primary N) is 1. The Hall–Kier alpha value is -1.25. The van der Waals surface area contributed by atoms with E-state index in [2.05, 4.69) is 24.1 Å².